The van der Waals surface area contributed by atoms with Crippen molar-refractivity contribution in [3.05, 3.63) is 0 Å². The summed E-state index contributed by atoms with van der Waals surface area (Å²) >= 11 is 1.89. The summed E-state index contributed by atoms with van der Waals surface area (Å²) in [6.07, 6.45) is 5.14. The molecule has 0 radical (unpaired) electrons. The Labute approximate surface area is 78.2 Å². The molecule has 0 aromatic rings. The molecule has 1 aliphatic heterocycles. The van der Waals surface area contributed by atoms with Crippen molar-refractivity contribution in [3.63, 3.8) is 0 Å². The summed E-state index contributed by atoms with van der Waals surface area (Å²) in [4.78, 5) is 4.65. The summed E-state index contributed by atoms with van der Waals surface area (Å²) in [5.41, 5.74) is 0. The van der Waals surface area contributed by atoms with Crippen LogP contribution in [0, 0.1) is 0 Å². The van der Waals surface area contributed by atoms with Crippen molar-refractivity contribution in [2.24, 2.45) is 4.99 Å². The lowest BCUT2D eigenvalue weighted by Crippen LogP contribution is -2.28. The fraction of sp³-hybridized carbons (Fsp3) is 0.889. The van der Waals surface area contributed by atoms with Crippen molar-refractivity contribution < 1.29 is 0 Å². The summed E-state index contributed by atoms with van der Waals surface area (Å²) in [6.45, 7) is 2.22. The van der Waals surface area contributed by atoms with Gasteiger partial charge in [0.15, 0.2) is 5.17 Å². The first-order valence-electron chi connectivity index (χ1n) is 4.85. The Morgan fingerprint density at radius 1 is 1.50 bits per heavy atom. The lowest BCUT2D eigenvalue weighted by atomic mass is 10.2. The van der Waals surface area contributed by atoms with Crippen LogP contribution in [-0.2, 0) is 0 Å². The minimum Gasteiger partial charge on any atom is -0.362 e. The van der Waals surface area contributed by atoms with Gasteiger partial charge >= 0.3 is 0 Å². The number of nitrogens with one attached hydrogen (secondary N) is 1. The minimum atomic E-state index is 0.590. The van der Waals surface area contributed by atoms with Gasteiger partial charge in [-0.3, -0.25) is 4.99 Å². The molecule has 1 fully saturated rings. The van der Waals surface area contributed by atoms with Crippen LogP contribution in [0.15, 0.2) is 4.99 Å². The molecule has 0 spiro atoms. The van der Waals surface area contributed by atoms with E-state index >= 15 is 0 Å². The zero-order chi connectivity index (χ0) is 8.39. The first-order chi connectivity index (χ1) is 5.88. The highest BCUT2D eigenvalue weighted by Crippen LogP contribution is 2.23. The highest BCUT2D eigenvalue weighted by molar-refractivity contribution is 8.13. The number of nitrogens with zero attached hydrogens (tertiary/aromatic N) is 1. The maximum absolute atomic E-state index is 4.65. The highest BCUT2D eigenvalue weighted by Gasteiger charge is 2.24. The van der Waals surface area contributed by atoms with Gasteiger partial charge in [0.05, 0.1) is 6.04 Å². The van der Waals surface area contributed by atoms with Gasteiger partial charge in [-0.05, 0) is 25.7 Å². The van der Waals surface area contributed by atoms with Gasteiger partial charge in [0.25, 0.3) is 0 Å². The molecule has 68 valence electrons. The topological polar surface area (TPSA) is 24.4 Å². The van der Waals surface area contributed by atoms with Gasteiger partial charge in [0.2, 0.25) is 0 Å². The van der Waals surface area contributed by atoms with Crippen molar-refractivity contribution in [3.8, 4) is 0 Å². The molecule has 0 amide bonds. The molecule has 1 atom stereocenters. The smallest absolute Gasteiger partial charge is 0.157 e. The van der Waals surface area contributed by atoms with Gasteiger partial charge in [-0.1, -0.05) is 18.7 Å². The summed E-state index contributed by atoms with van der Waals surface area (Å²) in [7, 11) is 0. The van der Waals surface area contributed by atoms with Crippen LogP contribution in [-0.4, -0.2) is 23.0 Å². The van der Waals surface area contributed by atoms with Gasteiger partial charge in [-0.2, -0.15) is 0 Å². The standard InChI is InChI=1S/C9H16N2S/c1-2-7-5-6-12-9(10-7)11-8-3-4-8/h7-8H,2-6H2,1H3,(H,10,11). The number of hydrogen-bond acceptors (Lipinski definition) is 3. The van der Waals surface area contributed by atoms with E-state index < -0.39 is 0 Å². The van der Waals surface area contributed by atoms with E-state index in [0.29, 0.717) is 6.04 Å². The van der Waals surface area contributed by atoms with Crippen molar-refractivity contribution in [1.82, 2.24) is 5.32 Å². The molecular formula is C9H16N2S. The average molecular weight is 184 g/mol. The average Bonchev–Trinajstić information content (AvgIpc) is 2.89. The van der Waals surface area contributed by atoms with Crippen LogP contribution in [0.3, 0.4) is 0 Å². The SMILES string of the molecule is CCC1CCSC(NC2CC2)=N1. The zero-order valence-corrected chi connectivity index (χ0v) is 8.36. The Bertz CT molecular complexity index is 187. The maximum Gasteiger partial charge on any atom is 0.157 e. The molecule has 0 aromatic heterocycles. The van der Waals surface area contributed by atoms with Crippen molar-refractivity contribution >= 4 is 16.9 Å². The molecule has 3 heteroatoms. The monoisotopic (exact) mass is 184 g/mol. The number of rotatable bonds is 2. The highest BCUT2D eigenvalue weighted by atomic mass is 32.2. The van der Waals surface area contributed by atoms with Gasteiger partial charge < -0.3 is 5.32 Å². The molecule has 1 unspecified atom stereocenters. The Morgan fingerprint density at radius 2 is 2.33 bits per heavy atom. The minimum absolute atomic E-state index is 0.590. The molecule has 2 nitrogen and oxygen atoms in total. The van der Waals surface area contributed by atoms with Crippen LogP contribution in [0.4, 0.5) is 0 Å². The maximum atomic E-state index is 4.65. The third kappa shape index (κ3) is 2.16. The fourth-order valence-electron chi connectivity index (χ4n) is 1.34. The van der Waals surface area contributed by atoms with E-state index in [1.54, 1.807) is 0 Å². The number of amidine groups is 1. The Morgan fingerprint density at radius 3 is 3.00 bits per heavy atom. The normalized spacial score (nSPS) is 29.8. The van der Waals surface area contributed by atoms with Crippen LogP contribution in [0.1, 0.15) is 32.6 Å². The molecule has 2 aliphatic rings. The molecular weight excluding hydrogens is 168 g/mol. The van der Waals surface area contributed by atoms with Crippen LogP contribution < -0.4 is 5.32 Å². The van der Waals surface area contributed by atoms with Crippen molar-refractivity contribution in [2.45, 2.75) is 44.7 Å². The predicted octanol–water partition coefficient (Wildman–Crippen LogP) is 2.01. The summed E-state index contributed by atoms with van der Waals surface area (Å²) in [6, 6.07) is 1.35. The van der Waals surface area contributed by atoms with Crippen LogP contribution in [0.2, 0.25) is 0 Å². The predicted molar refractivity (Wildman–Crippen MR) is 54.7 cm³/mol. The third-order valence-corrected chi connectivity index (χ3v) is 3.30. The van der Waals surface area contributed by atoms with Crippen molar-refractivity contribution in [1.29, 1.82) is 0 Å². The lowest BCUT2D eigenvalue weighted by molar-refractivity contribution is 0.629. The Kier molecular flexibility index (Phi) is 2.59. The molecule has 2 rings (SSSR count). The van der Waals surface area contributed by atoms with Gasteiger partial charge in [-0.15, -0.1) is 0 Å². The largest absolute Gasteiger partial charge is 0.362 e. The van der Waals surface area contributed by atoms with Gasteiger partial charge in [0.1, 0.15) is 0 Å². The van der Waals surface area contributed by atoms with Crippen LogP contribution in [0.25, 0.3) is 0 Å². The second-order valence-corrected chi connectivity index (χ2v) is 4.64. The molecule has 12 heavy (non-hydrogen) atoms. The summed E-state index contributed by atoms with van der Waals surface area (Å²) in [5, 5.41) is 4.67. The number of aliphatic imine (C=N–C) groups is 1. The lowest BCUT2D eigenvalue weighted by Gasteiger charge is -2.19. The van der Waals surface area contributed by atoms with Crippen molar-refractivity contribution in [2.75, 3.05) is 5.75 Å². The first-order valence-corrected chi connectivity index (χ1v) is 5.84. The van der Waals surface area contributed by atoms with E-state index in [4.69, 9.17) is 0 Å². The van der Waals surface area contributed by atoms with E-state index in [9.17, 15) is 0 Å². The summed E-state index contributed by atoms with van der Waals surface area (Å²) in [5.74, 6) is 1.25. The summed E-state index contributed by atoms with van der Waals surface area (Å²) < 4.78 is 0. The molecule has 1 heterocycles. The number of thioether (sulfide) groups is 1. The molecule has 1 aliphatic carbocycles. The van der Waals surface area contributed by atoms with E-state index in [1.807, 2.05) is 11.8 Å². The Hall–Kier alpha value is -0.180. The van der Waals surface area contributed by atoms with Crippen LogP contribution >= 0.6 is 11.8 Å². The second kappa shape index (κ2) is 3.69. The van der Waals surface area contributed by atoms with E-state index in [2.05, 4.69) is 17.2 Å². The van der Waals surface area contributed by atoms with Crippen LogP contribution in [0.5, 0.6) is 0 Å². The third-order valence-electron chi connectivity index (χ3n) is 2.37. The molecule has 1 N–H and O–H groups in total. The second-order valence-electron chi connectivity index (χ2n) is 3.55. The quantitative estimate of drug-likeness (QED) is 0.710. The molecule has 1 saturated carbocycles. The molecule has 0 bridgehead atoms. The number of hydrogen-bond donors (Lipinski definition) is 1. The van der Waals surface area contributed by atoms with Gasteiger partial charge in [0, 0.05) is 11.8 Å². The first kappa shape index (κ1) is 8.42. The van der Waals surface area contributed by atoms with E-state index in [1.165, 1.54) is 36.6 Å². The molecule has 0 saturated heterocycles. The fourth-order valence-corrected chi connectivity index (χ4v) is 2.39. The Balaban J connectivity index is 1.88. The zero-order valence-electron chi connectivity index (χ0n) is 7.55. The molecule has 0 aromatic carbocycles. The van der Waals surface area contributed by atoms with Gasteiger partial charge in [-0.25, -0.2) is 0 Å². The van der Waals surface area contributed by atoms with E-state index in [-0.39, 0.29) is 0 Å². The van der Waals surface area contributed by atoms with E-state index in [0.717, 1.165) is 6.04 Å².